The molecule has 2 aromatic heterocycles. The van der Waals surface area contributed by atoms with Gasteiger partial charge in [-0.1, -0.05) is 262 Å². The van der Waals surface area contributed by atoms with Crippen molar-refractivity contribution in [1.82, 2.24) is 19.5 Å². The molecular weight excluding hydrogens is 1060 g/mol. The molecule has 15 rings (SSSR count). The maximum Gasteiger partial charge on any atom is 0.238 e. The molecule has 13 aromatic rings. The van der Waals surface area contributed by atoms with Crippen molar-refractivity contribution in [3.63, 3.8) is 0 Å². The van der Waals surface area contributed by atoms with E-state index >= 15 is 0 Å². The number of hydrogen-bond donors (Lipinski definition) is 0. The van der Waals surface area contributed by atoms with Gasteiger partial charge in [-0.3, -0.25) is 4.57 Å². The van der Waals surface area contributed by atoms with Gasteiger partial charge in [0.15, 0.2) is 11.6 Å². The normalized spacial score (nSPS) is 14.3. The fourth-order valence-electron chi connectivity index (χ4n) is 13.8. The van der Waals surface area contributed by atoms with Gasteiger partial charge in [0.1, 0.15) is 0 Å². The van der Waals surface area contributed by atoms with Crippen molar-refractivity contribution in [2.24, 2.45) is 0 Å². The molecule has 416 valence electrons. The summed E-state index contributed by atoms with van der Waals surface area (Å²) in [6, 6.07) is 94.2. The number of benzene rings is 11. The van der Waals surface area contributed by atoms with Crippen LogP contribution in [0.1, 0.15) is 41.7 Å². The Morgan fingerprint density at radius 1 is 0.420 bits per heavy atom. The molecule has 4 nitrogen and oxygen atoms in total. The van der Waals surface area contributed by atoms with Gasteiger partial charge in [0.05, 0.1) is 16.4 Å². The highest BCUT2D eigenvalue weighted by molar-refractivity contribution is 6.16. The number of para-hydroxylation sites is 1. The second-order valence-electron chi connectivity index (χ2n) is 22.7. The van der Waals surface area contributed by atoms with Crippen LogP contribution in [0, 0.1) is 0 Å². The zero-order valence-electron chi connectivity index (χ0n) is 49.1. The predicted octanol–water partition coefficient (Wildman–Crippen LogP) is 21.6. The van der Waals surface area contributed by atoms with E-state index < -0.39 is 5.41 Å². The summed E-state index contributed by atoms with van der Waals surface area (Å²) in [5.74, 6) is 1.64. The summed E-state index contributed by atoms with van der Waals surface area (Å²) in [5.41, 5.74) is 26.2. The monoisotopic (exact) mass is 1120 g/mol. The number of fused-ring (bicyclic) bond motifs is 11. The zero-order valence-corrected chi connectivity index (χ0v) is 49.1. The van der Waals surface area contributed by atoms with E-state index in [-0.39, 0.29) is 0 Å². The molecule has 2 aliphatic rings. The lowest BCUT2D eigenvalue weighted by atomic mass is 9.69. The predicted molar refractivity (Wildman–Crippen MR) is 369 cm³/mol. The first kappa shape index (κ1) is 53.4. The lowest BCUT2D eigenvalue weighted by molar-refractivity contribution is 0.786. The third kappa shape index (κ3) is 8.96. The van der Waals surface area contributed by atoms with Gasteiger partial charge in [0.2, 0.25) is 5.95 Å². The van der Waals surface area contributed by atoms with E-state index in [2.05, 4.69) is 310 Å². The topological polar surface area (TPSA) is 43.6 Å². The van der Waals surface area contributed by atoms with Crippen LogP contribution in [-0.2, 0) is 5.41 Å². The Morgan fingerprint density at radius 3 is 1.48 bits per heavy atom. The van der Waals surface area contributed by atoms with Crippen LogP contribution in [0.3, 0.4) is 0 Å². The number of nitrogens with zero attached hydrogens (tertiary/aromatic N) is 4. The van der Waals surface area contributed by atoms with Crippen molar-refractivity contribution < 1.29 is 0 Å². The molecule has 0 aliphatic heterocycles. The summed E-state index contributed by atoms with van der Waals surface area (Å²) >= 11 is 0. The number of aromatic nitrogens is 4. The van der Waals surface area contributed by atoms with Crippen LogP contribution >= 0.6 is 0 Å². The van der Waals surface area contributed by atoms with Crippen LogP contribution in [0.15, 0.2) is 322 Å². The Kier molecular flexibility index (Phi) is 13.5. The highest BCUT2D eigenvalue weighted by Gasteiger charge is 2.52. The summed E-state index contributed by atoms with van der Waals surface area (Å²) in [6.45, 7) is 12.7. The minimum atomic E-state index is -0.595. The first-order chi connectivity index (χ1) is 43.4. The van der Waals surface area contributed by atoms with Crippen LogP contribution in [0.5, 0.6) is 0 Å². The molecular formula is C84H60N4. The highest BCUT2D eigenvalue weighted by atomic mass is 15.2. The number of allylic oxidation sites excluding steroid dienone is 10. The molecule has 11 aromatic carbocycles. The van der Waals surface area contributed by atoms with E-state index in [0.717, 1.165) is 105 Å². The van der Waals surface area contributed by atoms with Crippen LogP contribution in [-0.4, -0.2) is 19.5 Å². The second kappa shape index (κ2) is 22.3. The van der Waals surface area contributed by atoms with Crippen molar-refractivity contribution in [3.05, 3.63) is 350 Å². The van der Waals surface area contributed by atoms with E-state index in [1.807, 2.05) is 25.2 Å². The van der Waals surface area contributed by atoms with Crippen LogP contribution in [0.4, 0.5) is 0 Å². The average molecular weight is 1130 g/mol. The van der Waals surface area contributed by atoms with E-state index in [0.29, 0.717) is 17.6 Å². The molecule has 2 heterocycles. The standard InChI is InChI=1S/C84H60N4/c1-5-8-27-56(7-3)64-49-65(57-28-13-10-14-29-57)52-68(50-64)60-34-25-36-62(47-60)81-85-82(63-37-26-35-61(48-63)69-53-66(58-30-15-11-16-31-58)51-67(54-69)59-32-17-12-18-33-59)87-83(86-81)88-78-44-24-21-39-71(78)72-45-46-77-79(80(72)88)73-40-20-23-43-76(73)84(77)74(41-9-6-2)55(4)70-38-19-22-42-75(70)84/h5-54H,2-3H2,1,4H3/b8-5-,41-9-,56-27+. The van der Waals surface area contributed by atoms with E-state index in [1.165, 1.54) is 39.0 Å². The van der Waals surface area contributed by atoms with Gasteiger partial charge in [-0.15, -0.1) is 0 Å². The molecule has 0 N–H and O–H groups in total. The molecule has 4 heteroatoms. The Bertz CT molecular complexity index is 5020. The third-order valence-electron chi connectivity index (χ3n) is 17.7. The summed E-state index contributed by atoms with van der Waals surface area (Å²) in [5, 5.41) is 2.23. The Labute approximate surface area is 514 Å². The average Bonchev–Trinajstić information content (AvgIpc) is 1.51. The van der Waals surface area contributed by atoms with Crippen molar-refractivity contribution >= 4 is 33.0 Å². The van der Waals surface area contributed by atoms with Crippen molar-refractivity contribution in [2.75, 3.05) is 0 Å². The van der Waals surface area contributed by atoms with Gasteiger partial charge < -0.3 is 0 Å². The van der Waals surface area contributed by atoms with Crippen molar-refractivity contribution in [3.8, 4) is 95.5 Å². The molecule has 0 amide bonds. The van der Waals surface area contributed by atoms with Crippen molar-refractivity contribution in [2.45, 2.75) is 19.3 Å². The molecule has 0 radical (unpaired) electrons. The first-order valence-corrected chi connectivity index (χ1v) is 30.1. The first-order valence-electron chi connectivity index (χ1n) is 30.1. The second-order valence-corrected chi connectivity index (χ2v) is 22.7. The van der Waals surface area contributed by atoms with Crippen LogP contribution in [0.25, 0.3) is 128 Å². The smallest absolute Gasteiger partial charge is 0.238 e. The Morgan fingerprint density at radius 2 is 0.898 bits per heavy atom. The Balaban J connectivity index is 0.985. The molecule has 2 aliphatic carbocycles. The van der Waals surface area contributed by atoms with E-state index in [1.54, 1.807) is 0 Å². The van der Waals surface area contributed by atoms with Crippen LogP contribution in [0.2, 0.25) is 0 Å². The van der Waals surface area contributed by atoms with Crippen molar-refractivity contribution in [1.29, 1.82) is 0 Å². The molecule has 0 bridgehead atoms. The minimum absolute atomic E-state index is 0.523. The minimum Gasteiger partial charge on any atom is -0.277 e. The summed E-state index contributed by atoms with van der Waals surface area (Å²) in [6.07, 6.45) is 14.4. The van der Waals surface area contributed by atoms with Gasteiger partial charge >= 0.3 is 0 Å². The van der Waals surface area contributed by atoms with Gasteiger partial charge in [0.25, 0.3) is 0 Å². The quantitative estimate of drug-likeness (QED) is 0.108. The number of hydrogen-bond acceptors (Lipinski definition) is 3. The lowest BCUT2D eigenvalue weighted by Crippen LogP contribution is -2.26. The summed E-state index contributed by atoms with van der Waals surface area (Å²) in [4.78, 5) is 16.9. The lowest BCUT2D eigenvalue weighted by Gasteiger charge is -2.31. The SMILES string of the molecule is C=C/C=C\C1=C(C)c2ccccc2C12c1ccccc1-c1c2ccc2c3ccccc3n(-c3nc(-c4cccc(-c5cc(/C(C=C)=C/C=C\C)cc(-c6ccccc6)c5)c4)nc(-c4cccc(-c5cc(-c6ccccc6)cc(-c6ccccc6)c5)c4)n3)c12. The molecule has 1 spiro atoms. The molecule has 1 unspecified atom stereocenters. The van der Waals surface area contributed by atoms with Gasteiger partial charge in [0, 0.05) is 27.5 Å². The van der Waals surface area contributed by atoms with E-state index in [9.17, 15) is 0 Å². The molecule has 0 fully saturated rings. The van der Waals surface area contributed by atoms with Gasteiger partial charge in [-0.05, 0) is 174 Å². The molecule has 0 saturated carbocycles. The van der Waals surface area contributed by atoms with E-state index in [4.69, 9.17) is 15.0 Å². The number of rotatable bonds is 13. The maximum absolute atomic E-state index is 5.69. The van der Waals surface area contributed by atoms with Crippen LogP contribution < -0.4 is 0 Å². The fourth-order valence-corrected chi connectivity index (χ4v) is 13.8. The summed E-state index contributed by atoms with van der Waals surface area (Å²) < 4.78 is 2.32. The fraction of sp³-hybridized carbons (Fsp3) is 0.0357. The zero-order chi connectivity index (χ0) is 59.3. The summed E-state index contributed by atoms with van der Waals surface area (Å²) in [7, 11) is 0. The molecule has 1 atom stereocenters. The maximum atomic E-state index is 5.69. The molecule has 0 saturated heterocycles. The highest BCUT2D eigenvalue weighted by Crippen LogP contribution is 2.63. The molecule has 88 heavy (non-hydrogen) atoms. The Hall–Kier alpha value is -11.3. The largest absolute Gasteiger partial charge is 0.277 e. The van der Waals surface area contributed by atoms with Gasteiger partial charge in [-0.25, -0.2) is 4.98 Å². The van der Waals surface area contributed by atoms with Gasteiger partial charge in [-0.2, -0.15) is 9.97 Å². The third-order valence-corrected chi connectivity index (χ3v) is 17.7.